The van der Waals surface area contributed by atoms with Crippen LogP contribution in [0.1, 0.15) is 26.7 Å². The highest BCUT2D eigenvalue weighted by Gasteiger charge is 2.25. The molecule has 0 heterocycles. The average Bonchev–Trinajstić information content (AvgIpc) is 1.95. The lowest BCUT2D eigenvalue weighted by Gasteiger charge is -2.05. The number of alkyl halides is 3. The number of hydrogen-bond donors (Lipinski definition) is 1. The molecule has 0 saturated heterocycles. The van der Waals surface area contributed by atoms with Gasteiger partial charge in [0, 0.05) is 18.9 Å². The van der Waals surface area contributed by atoms with Crippen molar-refractivity contribution in [2.45, 2.75) is 32.9 Å². The summed E-state index contributed by atoms with van der Waals surface area (Å²) in [6.45, 7) is 3.86. The number of aliphatic imine (C=N–C) groups is 1. The summed E-state index contributed by atoms with van der Waals surface area (Å²) in [6.07, 6.45) is -4.86. The summed E-state index contributed by atoms with van der Waals surface area (Å²) < 4.78 is 35.0. The van der Waals surface area contributed by atoms with Gasteiger partial charge in [0.1, 0.15) is 0 Å². The van der Waals surface area contributed by atoms with Crippen LogP contribution in [0.4, 0.5) is 13.2 Å². The molecule has 0 atom stereocenters. The maximum absolute atomic E-state index is 11.7. The quantitative estimate of drug-likeness (QED) is 0.418. The van der Waals surface area contributed by atoms with Crippen LogP contribution in [0.25, 0.3) is 0 Å². The Morgan fingerprint density at radius 2 is 1.92 bits per heavy atom. The van der Waals surface area contributed by atoms with Crippen molar-refractivity contribution in [3.8, 4) is 0 Å². The summed E-state index contributed by atoms with van der Waals surface area (Å²) in [4.78, 5) is 3.82. The minimum absolute atomic E-state index is 0.0108. The van der Waals surface area contributed by atoms with Gasteiger partial charge in [0.15, 0.2) is 0 Å². The highest BCUT2D eigenvalue weighted by Crippen LogP contribution is 2.20. The van der Waals surface area contributed by atoms with Crippen molar-refractivity contribution in [1.82, 2.24) is 0 Å². The molecule has 0 saturated carbocycles. The van der Waals surface area contributed by atoms with Crippen LogP contribution in [0.2, 0.25) is 0 Å². The zero-order valence-electron chi connectivity index (χ0n) is 7.86. The van der Waals surface area contributed by atoms with Crippen LogP contribution < -0.4 is 5.73 Å². The Morgan fingerprint density at radius 1 is 1.38 bits per heavy atom. The normalized spacial score (nSPS) is 13.8. The largest absolute Gasteiger partial charge is 0.389 e. The number of amidine groups is 1. The average molecular weight is 196 g/mol. The molecule has 2 nitrogen and oxygen atoms in total. The summed E-state index contributed by atoms with van der Waals surface area (Å²) in [5.41, 5.74) is 5.44. The van der Waals surface area contributed by atoms with Crippen molar-refractivity contribution in [3.63, 3.8) is 0 Å². The van der Waals surface area contributed by atoms with Gasteiger partial charge in [0.25, 0.3) is 0 Å². The third-order valence-electron chi connectivity index (χ3n) is 1.50. The first-order chi connectivity index (χ1) is 5.83. The summed E-state index contributed by atoms with van der Waals surface area (Å²) >= 11 is 0. The molecule has 0 aromatic carbocycles. The van der Waals surface area contributed by atoms with E-state index in [-0.39, 0.29) is 18.9 Å². The predicted octanol–water partition coefficient (Wildman–Crippen LogP) is 2.34. The fourth-order valence-corrected chi connectivity index (χ4v) is 0.670. The molecule has 0 aromatic rings. The third kappa shape index (κ3) is 7.62. The molecule has 13 heavy (non-hydrogen) atoms. The monoisotopic (exact) mass is 196 g/mol. The lowest BCUT2D eigenvalue weighted by Crippen LogP contribution is -2.19. The van der Waals surface area contributed by atoms with Gasteiger partial charge in [-0.3, -0.25) is 4.99 Å². The first kappa shape index (κ1) is 12.3. The summed E-state index contributed by atoms with van der Waals surface area (Å²) in [6, 6.07) is 0. The fraction of sp³-hybridized carbons (Fsp3) is 0.875. The molecule has 0 spiro atoms. The van der Waals surface area contributed by atoms with Gasteiger partial charge in [-0.05, 0) is 6.42 Å². The van der Waals surface area contributed by atoms with E-state index in [2.05, 4.69) is 4.99 Å². The number of rotatable bonds is 4. The van der Waals surface area contributed by atoms with Gasteiger partial charge in [-0.1, -0.05) is 13.8 Å². The zero-order chi connectivity index (χ0) is 10.5. The molecule has 0 fully saturated rings. The summed E-state index contributed by atoms with van der Waals surface area (Å²) in [7, 11) is 0. The lowest BCUT2D eigenvalue weighted by molar-refractivity contribution is -0.134. The van der Waals surface area contributed by atoms with Gasteiger partial charge < -0.3 is 5.73 Å². The van der Waals surface area contributed by atoms with E-state index >= 15 is 0 Å². The molecule has 0 amide bonds. The van der Waals surface area contributed by atoms with Crippen LogP contribution in [-0.4, -0.2) is 18.6 Å². The van der Waals surface area contributed by atoms with E-state index in [9.17, 15) is 13.2 Å². The Kier molecular flexibility index (Phi) is 4.80. The molecule has 5 heteroatoms. The Bertz CT molecular complexity index is 173. The zero-order valence-corrected chi connectivity index (χ0v) is 7.86. The number of nitrogens with zero attached hydrogens (tertiary/aromatic N) is 1. The number of nitrogens with two attached hydrogens (primary N) is 1. The Balaban J connectivity index is 3.62. The van der Waals surface area contributed by atoms with E-state index in [1.807, 2.05) is 13.8 Å². The topological polar surface area (TPSA) is 38.4 Å². The second-order valence-electron chi connectivity index (χ2n) is 3.18. The number of hydrogen-bond acceptors (Lipinski definition) is 1. The molecule has 0 rings (SSSR count). The van der Waals surface area contributed by atoms with Crippen LogP contribution in [0.5, 0.6) is 0 Å². The third-order valence-corrected chi connectivity index (χ3v) is 1.50. The van der Waals surface area contributed by atoms with Gasteiger partial charge >= 0.3 is 6.18 Å². The minimum Gasteiger partial charge on any atom is -0.387 e. The van der Waals surface area contributed by atoms with Crippen LogP contribution in [0.3, 0.4) is 0 Å². The number of halogens is 3. The molecular formula is C8H15F3N2. The van der Waals surface area contributed by atoms with Gasteiger partial charge in [-0.15, -0.1) is 0 Å². The van der Waals surface area contributed by atoms with E-state index < -0.39 is 12.6 Å². The molecule has 2 N–H and O–H groups in total. The van der Waals surface area contributed by atoms with Crippen molar-refractivity contribution < 1.29 is 13.2 Å². The van der Waals surface area contributed by atoms with Crippen molar-refractivity contribution >= 4 is 5.84 Å². The standard InChI is InChI=1S/C8H15F3N2/c1-6(2)7(12)13-5-3-4-8(9,10)11/h6H,3-5H2,1-2H3,(H2,12,13). The Hall–Kier alpha value is -0.740. The molecule has 0 aliphatic carbocycles. The van der Waals surface area contributed by atoms with E-state index in [1.54, 1.807) is 0 Å². The smallest absolute Gasteiger partial charge is 0.387 e. The molecule has 0 aliphatic rings. The van der Waals surface area contributed by atoms with E-state index in [0.717, 1.165) is 0 Å². The SMILES string of the molecule is CC(C)C(N)=NCCCC(F)(F)F. The summed E-state index contributed by atoms with van der Waals surface area (Å²) in [5, 5.41) is 0. The van der Waals surface area contributed by atoms with Crippen molar-refractivity contribution in [2.75, 3.05) is 6.54 Å². The molecule has 0 aliphatic heterocycles. The van der Waals surface area contributed by atoms with E-state index in [4.69, 9.17) is 5.73 Å². The van der Waals surface area contributed by atoms with Gasteiger partial charge in [0.05, 0.1) is 5.84 Å². The molecular weight excluding hydrogens is 181 g/mol. The highest BCUT2D eigenvalue weighted by molar-refractivity contribution is 5.82. The van der Waals surface area contributed by atoms with Gasteiger partial charge in [-0.2, -0.15) is 13.2 Å². The van der Waals surface area contributed by atoms with Gasteiger partial charge in [-0.25, -0.2) is 0 Å². The highest BCUT2D eigenvalue weighted by atomic mass is 19.4. The van der Waals surface area contributed by atoms with Crippen LogP contribution >= 0.6 is 0 Å². The molecule has 0 bridgehead atoms. The van der Waals surface area contributed by atoms with Crippen molar-refractivity contribution in [2.24, 2.45) is 16.6 Å². The first-order valence-electron chi connectivity index (χ1n) is 4.19. The maximum Gasteiger partial charge on any atom is 0.389 e. The lowest BCUT2D eigenvalue weighted by atomic mass is 10.2. The molecule has 0 aromatic heterocycles. The second-order valence-corrected chi connectivity index (χ2v) is 3.18. The fourth-order valence-electron chi connectivity index (χ4n) is 0.670. The maximum atomic E-state index is 11.7. The molecule has 0 unspecified atom stereocenters. The minimum atomic E-state index is -4.08. The van der Waals surface area contributed by atoms with E-state index in [0.29, 0.717) is 5.84 Å². The van der Waals surface area contributed by atoms with Crippen LogP contribution in [0.15, 0.2) is 4.99 Å². The van der Waals surface area contributed by atoms with Crippen LogP contribution in [0, 0.1) is 5.92 Å². The predicted molar refractivity (Wildman–Crippen MR) is 46.6 cm³/mol. The van der Waals surface area contributed by atoms with Crippen molar-refractivity contribution in [1.29, 1.82) is 0 Å². The van der Waals surface area contributed by atoms with Crippen molar-refractivity contribution in [3.05, 3.63) is 0 Å². The molecule has 78 valence electrons. The Labute approximate surface area is 76.0 Å². The first-order valence-corrected chi connectivity index (χ1v) is 4.19. The van der Waals surface area contributed by atoms with Crippen LogP contribution in [-0.2, 0) is 0 Å². The van der Waals surface area contributed by atoms with Gasteiger partial charge in [0.2, 0.25) is 0 Å². The molecule has 0 radical (unpaired) electrons. The van der Waals surface area contributed by atoms with E-state index in [1.165, 1.54) is 0 Å². The second kappa shape index (κ2) is 5.09. The summed E-state index contributed by atoms with van der Waals surface area (Å²) in [5.74, 6) is 0.521. The Morgan fingerprint density at radius 3 is 2.31 bits per heavy atom.